The van der Waals surface area contributed by atoms with Gasteiger partial charge in [-0.25, -0.2) is 0 Å². The first-order valence-corrected chi connectivity index (χ1v) is 7.83. The minimum absolute atomic E-state index is 0.332. The Morgan fingerprint density at radius 2 is 2.00 bits per heavy atom. The van der Waals surface area contributed by atoms with Crippen molar-refractivity contribution in [3.63, 3.8) is 0 Å². The van der Waals surface area contributed by atoms with Crippen LogP contribution in [0.1, 0.15) is 40.5 Å². The zero-order valence-corrected chi connectivity index (χ0v) is 13.8. The molecule has 1 aliphatic carbocycles. The molecule has 1 saturated carbocycles. The number of nitrogens with one attached hydrogen (secondary N) is 1. The van der Waals surface area contributed by atoms with Crippen molar-refractivity contribution in [3.8, 4) is 6.07 Å². The Morgan fingerprint density at radius 1 is 1.35 bits per heavy atom. The monoisotopic (exact) mass is 281 g/mol. The largest absolute Gasteiger partial charge is 0.383 e. The third-order valence-electron chi connectivity index (χ3n) is 3.73. The molecule has 20 heavy (non-hydrogen) atoms. The average Bonchev–Trinajstić information content (AvgIpc) is 3.18. The smallest absolute Gasteiger partial charge is 0.122 e. The van der Waals surface area contributed by atoms with Crippen molar-refractivity contribution < 1.29 is 4.74 Å². The van der Waals surface area contributed by atoms with Gasteiger partial charge in [-0.15, -0.1) is 0 Å². The Hall–Kier alpha value is -0.630. The van der Waals surface area contributed by atoms with Gasteiger partial charge < -0.3 is 4.74 Å². The highest BCUT2D eigenvalue weighted by atomic mass is 16.5. The quantitative estimate of drug-likeness (QED) is 0.667. The van der Waals surface area contributed by atoms with E-state index in [0.29, 0.717) is 17.9 Å². The summed E-state index contributed by atoms with van der Waals surface area (Å²) in [5.74, 6) is 1.11. The van der Waals surface area contributed by atoms with Crippen LogP contribution in [0.2, 0.25) is 0 Å². The zero-order chi connectivity index (χ0) is 15.2. The second-order valence-electron chi connectivity index (χ2n) is 6.78. The third-order valence-corrected chi connectivity index (χ3v) is 3.73. The second-order valence-corrected chi connectivity index (χ2v) is 6.78. The van der Waals surface area contributed by atoms with Gasteiger partial charge in [-0.3, -0.25) is 10.2 Å². The van der Waals surface area contributed by atoms with E-state index in [0.717, 1.165) is 26.2 Å². The molecule has 0 amide bonds. The van der Waals surface area contributed by atoms with Crippen molar-refractivity contribution in [2.45, 2.75) is 52.1 Å². The number of rotatable bonds is 10. The molecule has 0 saturated heterocycles. The summed E-state index contributed by atoms with van der Waals surface area (Å²) >= 11 is 0. The van der Waals surface area contributed by atoms with Crippen LogP contribution < -0.4 is 5.32 Å². The van der Waals surface area contributed by atoms with Gasteiger partial charge >= 0.3 is 0 Å². The molecule has 1 aliphatic rings. The molecule has 4 heteroatoms. The summed E-state index contributed by atoms with van der Waals surface area (Å²) in [6.07, 6.45) is 2.35. The van der Waals surface area contributed by atoms with Crippen molar-refractivity contribution in [3.05, 3.63) is 0 Å². The zero-order valence-electron chi connectivity index (χ0n) is 13.8. The van der Waals surface area contributed by atoms with E-state index in [1.54, 1.807) is 7.11 Å². The lowest BCUT2D eigenvalue weighted by Crippen LogP contribution is -2.57. The summed E-state index contributed by atoms with van der Waals surface area (Å²) in [4.78, 5) is 2.38. The molecule has 0 spiro atoms. The molecule has 0 radical (unpaired) electrons. The van der Waals surface area contributed by atoms with Gasteiger partial charge in [-0.05, 0) is 38.5 Å². The van der Waals surface area contributed by atoms with Gasteiger partial charge in [0.25, 0.3) is 0 Å². The molecule has 1 rings (SSSR count). The highest BCUT2D eigenvalue weighted by molar-refractivity contribution is 5.17. The number of hydrogen-bond donors (Lipinski definition) is 1. The van der Waals surface area contributed by atoms with Gasteiger partial charge in [0.2, 0.25) is 0 Å². The Kier molecular flexibility index (Phi) is 6.94. The van der Waals surface area contributed by atoms with Gasteiger partial charge in [0.1, 0.15) is 5.54 Å². The topological polar surface area (TPSA) is 48.3 Å². The van der Waals surface area contributed by atoms with Crippen LogP contribution in [0.5, 0.6) is 0 Å². The second kappa shape index (κ2) is 7.97. The van der Waals surface area contributed by atoms with Crippen LogP contribution >= 0.6 is 0 Å². The third kappa shape index (κ3) is 5.40. The van der Waals surface area contributed by atoms with E-state index < -0.39 is 5.54 Å². The van der Waals surface area contributed by atoms with E-state index in [9.17, 15) is 5.26 Å². The summed E-state index contributed by atoms with van der Waals surface area (Å²) in [6, 6.07) is 2.93. The fourth-order valence-electron chi connectivity index (χ4n) is 2.87. The highest BCUT2D eigenvalue weighted by Crippen LogP contribution is 2.40. The van der Waals surface area contributed by atoms with Gasteiger partial charge in [0.15, 0.2) is 0 Å². The van der Waals surface area contributed by atoms with E-state index in [-0.39, 0.29) is 0 Å². The van der Waals surface area contributed by atoms with Crippen LogP contribution in [0.25, 0.3) is 0 Å². The molecule has 116 valence electrons. The Balaban J connectivity index is 2.75. The first-order chi connectivity index (χ1) is 9.43. The fourth-order valence-corrected chi connectivity index (χ4v) is 2.87. The summed E-state index contributed by atoms with van der Waals surface area (Å²) in [7, 11) is 1.73. The molecule has 0 aromatic rings. The Labute approximate surface area is 124 Å². The minimum atomic E-state index is -0.392. The van der Waals surface area contributed by atoms with Crippen molar-refractivity contribution in [1.29, 1.82) is 5.26 Å². The molecule has 1 unspecified atom stereocenters. The van der Waals surface area contributed by atoms with Gasteiger partial charge in [-0.1, -0.05) is 13.8 Å². The van der Waals surface area contributed by atoms with Crippen LogP contribution in [0.3, 0.4) is 0 Å². The van der Waals surface area contributed by atoms with Crippen molar-refractivity contribution >= 4 is 0 Å². The van der Waals surface area contributed by atoms with Crippen molar-refractivity contribution in [2.75, 3.05) is 33.4 Å². The predicted octanol–water partition coefficient (Wildman–Crippen LogP) is 2.26. The molecule has 0 aromatic carbocycles. The van der Waals surface area contributed by atoms with Gasteiger partial charge in [0.05, 0.1) is 12.7 Å². The summed E-state index contributed by atoms with van der Waals surface area (Å²) in [5, 5.41) is 13.3. The van der Waals surface area contributed by atoms with E-state index in [1.165, 1.54) is 12.8 Å². The van der Waals surface area contributed by atoms with Gasteiger partial charge in [-0.2, -0.15) is 5.26 Å². The average molecular weight is 281 g/mol. The lowest BCUT2D eigenvalue weighted by Gasteiger charge is -2.36. The fraction of sp³-hybridized carbons (Fsp3) is 0.938. The molecular weight excluding hydrogens is 250 g/mol. The molecule has 0 heterocycles. The molecule has 1 N–H and O–H groups in total. The lowest BCUT2D eigenvalue weighted by molar-refractivity contribution is 0.116. The molecule has 1 fully saturated rings. The van der Waals surface area contributed by atoms with E-state index in [2.05, 4.69) is 44.0 Å². The number of ether oxygens (including phenoxy) is 1. The predicted molar refractivity (Wildman–Crippen MR) is 82.5 cm³/mol. The maximum absolute atomic E-state index is 9.77. The number of nitrogens with zero attached hydrogens (tertiary/aromatic N) is 2. The van der Waals surface area contributed by atoms with Gasteiger partial charge in [0, 0.05) is 32.8 Å². The maximum Gasteiger partial charge on any atom is 0.122 e. The van der Waals surface area contributed by atoms with Crippen LogP contribution in [-0.4, -0.2) is 49.8 Å². The summed E-state index contributed by atoms with van der Waals surface area (Å²) < 4.78 is 5.21. The molecule has 4 nitrogen and oxygen atoms in total. The van der Waals surface area contributed by atoms with Crippen molar-refractivity contribution in [2.24, 2.45) is 11.8 Å². The SMILES string of the molecule is COCCN(CC(C)C)CC(C#N)(NC(C)C)C1CC1. The molecular formula is C16H31N3O. The Morgan fingerprint density at radius 3 is 2.40 bits per heavy atom. The van der Waals surface area contributed by atoms with Crippen LogP contribution in [0.4, 0.5) is 0 Å². The molecule has 0 bridgehead atoms. The Bertz CT molecular complexity index is 320. The number of nitriles is 1. The minimum Gasteiger partial charge on any atom is -0.383 e. The van der Waals surface area contributed by atoms with Crippen LogP contribution in [-0.2, 0) is 4.74 Å². The standard InChI is InChI=1S/C16H31N3O/c1-13(2)10-19(8-9-20-5)12-16(11-17,15-6-7-15)18-14(3)4/h13-15,18H,6-10,12H2,1-5H3. The van der Waals surface area contributed by atoms with Crippen molar-refractivity contribution in [1.82, 2.24) is 10.2 Å². The highest BCUT2D eigenvalue weighted by Gasteiger charge is 2.46. The number of methoxy groups -OCH3 is 1. The van der Waals surface area contributed by atoms with E-state index >= 15 is 0 Å². The molecule has 0 aromatic heterocycles. The van der Waals surface area contributed by atoms with Crippen LogP contribution in [0, 0.1) is 23.2 Å². The number of hydrogen-bond acceptors (Lipinski definition) is 4. The maximum atomic E-state index is 9.77. The van der Waals surface area contributed by atoms with E-state index in [1.807, 2.05) is 0 Å². The first kappa shape index (κ1) is 17.4. The molecule has 1 atom stereocenters. The summed E-state index contributed by atoms with van der Waals surface area (Å²) in [6.45, 7) is 12.1. The van der Waals surface area contributed by atoms with E-state index in [4.69, 9.17) is 4.74 Å². The molecule has 0 aliphatic heterocycles. The van der Waals surface area contributed by atoms with Crippen LogP contribution in [0.15, 0.2) is 0 Å². The first-order valence-electron chi connectivity index (χ1n) is 7.83. The lowest BCUT2D eigenvalue weighted by atomic mass is 9.92. The normalized spacial score (nSPS) is 18.6. The summed E-state index contributed by atoms with van der Waals surface area (Å²) in [5.41, 5.74) is -0.392.